The second-order valence-electron chi connectivity index (χ2n) is 6.35. The van der Waals surface area contributed by atoms with Gasteiger partial charge in [-0.25, -0.2) is 15.0 Å². The van der Waals surface area contributed by atoms with Gasteiger partial charge in [0.15, 0.2) is 0 Å². The summed E-state index contributed by atoms with van der Waals surface area (Å²) in [6.07, 6.45) is 5.93. The fourth-order valence-electron chi connectivity index (χ4n) is 3.51. The van der Waals surface area contributed by atoms with Gasteiger partial charge in [0, 0.05) is 38.8 Å². The molecule has 1 saturated heterocycles. The first-order valence-corrected chi connectivity index (χ1v) is 8.67. The number of nitrogens with zero attached hydrogens (tertiary/aromatic N) is 6. The van der Waals surface area contributed by atoms with Crippen LogP contribution in [0.1, 0.15) is 19.3 Å². The van der Waals surface area contributed by atoms with Gasteiger partial charge in [-0.3, -0.25) is 0 Å². The van der Waals surface area contributed by atoms with E-state index in [9.17, 15) is 0 Å². The monoisotopic (exact) mass is 355 g/mol. The minimum atomic E-state index is 0.329. The van der Waals surface area contributed by atoms with Gasteiger partial charge in [0.1, 0.15) is 28.8 Å². The van der Waals surface area contributed by atoms with Gasteiger partial charge in [-0.15, -0.1) is 0 Å². The molecular weight excluding hydrogens is 338 g/mol. The number of halogens is 1. The smallest absolute Gasteiger partial charge is 0.144 e. The maximum atomic E-state index is 9.03. The van der Waals surface area contributed by atoms with Crippen LogP contribution in [0.2, 0.25) is 0 Å². The number of aliphatic imine (C=N–C) groups is 1. The van der Waals surface area contributed by atoms with Crippen LogP contribution in [-0.4, -0.2) is 51.9 Å². The molecule has 1 atom stereocenters. The zero-order valence-electron chi connectivity index (χ0n) is 13.9. The van der Waals surface area contributed by atoms with Crippen molar-refractivity contribution in [3.63, 3.8) is 0 Å². The molecule has 0 radical (unpaired) electrons. The minimum absolute atomic E-state index is 0.329. The molecule has 0 aromatic carbocycles. The van der Waals surface area contributed by atoms with E-state index in [1.54, 1.807) is 6.33 Å². The molecule has 25 heavy (non-hydrogen) atoms. The van der Waals surface area contributed by atoms with E-state index in [0.29, 0.717) is 23.2 Å². The van der Waals surface area contributed by atoms with Crippen molar-refractivity contribution in [3.05, 3.63) is 29.3 Å². The highest BCUT2D eigenvalue weighted by molar-refractivity contribution is 6.30. The Morgan fingerprint density at radius 2 is 2.28 bits per heavy atom. The van der Waals surface area contributed by atoms with Crippen molar-refractivity contribution in [2.24, 2.45) is 4.99 Å². The minimum Gasteiger partial charge on any atom is -0.358 e. The molecule has 0 unspecified atom stereocenters. The van der Waals surface area contributed by atoms with Crippen molar-refractivity contribution < 1.29 is 0 Å². The van der Waals surface area contributed by atoms with Gasteiger partial charge in [-0.1, -0.05) is 11.6 Å². The van der Waals surface area contributed by atoms with Crippen LogP contribution in [0.3, 0.4) is 0 Å². The zero-order chi connectivity index (χ0) is 17.4. The van der Waals surface area contributed by atoms with Crippen molar-refractivity contribution in [1.82, 2.24) is 19.9 Å². The Kier molecular flexibility index (Phi) is 4.06. The number of H-pyrrole nitrogens is 1. The van der Waals surface area contributed by atoms with E-state index in [1.165, 1.54) is 0 Å². The number of amidine groups is 1. The Morgan fingerprint density at radius 1 is 1.40 bits per heavy atom. The van der Waals surface area contributed by atoms with Gasteiger partial charge in [0.05, 0.1) is 17.0 Å². The maximum Gasteiger partial charge on any atom is 0.144 e. The summed E-state index contributed by atoms with van der Waals surface area (Å²) in [5, 5.41) is 10.4. The summed E-state index contributed by atoms with van der Waals surface area (Å²) in [7, 11) is 2.06. The number of rotatable bonds is 2. The van der Waals surface area contributed by atoms with E-state index in [4.69, 9.17) is 16.9 Å². The highest BCUT2D eigenvalue weighted by Crippen LogP contribution is 2.29. The largest absolute Gasteiger partial charge is 0.358 e. The average Bonchev–Trinajstić information content (AvgIpc) is 3.30. The molecule has 7 nitrogen and oxygen atoms in total. The molecule has 2 aromatic rings. The third kappa shape index (κ3) is 2.83. The third-order valence-electron chi connectivity index (χ3n) is 4.96. The second-order valence-corrected chi connectivity index (χ2v) is 6.70. The number of nitriles is 1. The van der Waals surface area contributed by atoms with E-state index in [2.05, 4.69) is 42.9 Å². The SMILES string of the molecule is CN(C1=NC(Cl)=C(C#N)CC1)[C@@H]1CCN(c2ncnc3[nH]ccc23)C1. The molecule has 0 aliphatic carbocycles. The van der Waals surface area contributed by atoms with Crippen LogP contribution in [0.15, 0.2) is 34.3 Å². The molecule has 2 aliphatic rings. The van der Waals surface area contributed by atoms with Gasteiger partial charge in [-0.2, -0.15) is 5.26 Å². The number of likely N-dealkylation sites (N-methyl/N-ethyl adjacent to an activating group) is 1. The number of nitrogens with one attached hydrogen (secondary N) is 1. The summed E-state index contributed by atoms with van der Waals surface area (Å²) < 4.78 is 0. The third-order valence-corrected chi connectivity index (χ3v) is 5.27. The number of anilines is 1. The van der Waals surface area contributed by atoms with Gasteiger partial charge >= 0.3 is 0 Å². The highest BCUT2D eigenvalue weighted by Gasteiger charge is 2.30. The second kappa shape index (κ2) is 6.37. The molecular formula is C17H18ClN7. The van der Waals surface area contributed by atoms with Gasteiger partial charge in [0.25, 0.3) is 0 Å². The molecule has 2 aliphatic heterocycles. The lowest BCUT2D eigenvalue weighted by Crippen LogP contribution is -2.39. The topological polar surface area (TPSA) is 84.2 Å². The standard InChI is InChI=1S/C17H18ClN7/c1-24(14-3-2-11(8-19)15(18)23-14)12-5-7-25(9-12)17-13-4-6-20-16(13)21-10-22-17/h4,6,10,12H,2-3,5,7,9H2,1H3,(H,20,21,22)/t12-/m1/s1. The van der Waals surface area contributed by atoms with Gasteiger partial charge < -0.3 is 14.8 Å². The molecule has 1 fully saturated rings. The van der Waals surface area contributed by atoms with Crippen molar-refractivity contribution in [2.45, 2.75) is 25.3 Å². The maximum absolute atomic E-state index is 9.03. The van der Waals surface area contributed by atoms with Crippen LogP contribution in [0.4, 0.5) is 5.82 Å². The molecule has 1 N–H and O–H groups in total. The first kappa shape index (κ1) is 15.9. The number of hydrogen-bond donors (Lipinski definition) is 1. The number of allylic oxidation sites excluding steroid dienone is 1. The Morgan fingerprint density at radius 3 is 3.08 bits per heavy atom. The van der Waals surface area contributed by atoms with Gasteiger partial charge in [-0.05, 0) is 18.9 Å². The molecule has 0 bridgehead atoms. The summed E-state index contributed by atoms with van der Waals surface area (Å²) in [5.41, 5.74) is 1.43. The normalized spacial score (nSPS) is 20.8. The summed E-state index contributed by atoms with van der Waals surface area (Å²) in [6.45, 7) is 1.81. The number of fused-ring (bicyclic) bond motifs is 1. The highest BCUT2D eigenvalue weighted by atomic mass is 35.5. The van der Waals surface area contributed by atoms with Crippen molar-refractivity contribution in [3.8, 4) is 6.07 Å². The Hall–Kier alpha value is -2.59. The lowest BCUT2D eigenvalue weighted by atomic mass is 10.1. The van der Waals surface area contributed by atoms with Crippen LogP contribution in [0.25, 0.3) is 11.0 Å². The van der Waals surface area contributed by atoms with Crippen molar-refractivity contribution >= 4 is 34.3 Å². The Bertz CT molecular complexity index is 907. The Balaban J connectivity index is 1.52. The van der Waals surface area contributed by atoms with Gasteiger partial charge in [0.2, 0.25) is 0 Å². The Labute approximate surface area is 150 Å². The summed E-state index contributed by atoms with van der Waals surface area (Å²) >= 11 is 6.12. The summed E-state index contributed by atoms with van der Waals surface area (Å²) in [6, 6.07) is 4.48. The molecule has 128 valence electrons. The summed E-state index contributed by atoms with van der Waals surface area (Å²) in [4.78, 5) is 20.8. The molecule has 2 aromatic heterocycles. The van der Waals surface area contributed by atoms with Crippen molar-refractivity contribution in [1.29, 1.82) is 5.26 Å². The lowest BCUT2D eigenvalue weighted by Gasteiger charge is -2.29. The first-order valence-electron chi connectivity index (χ1n) is 8.29. The van der Waals surface area contributed by atoms with E-state index in [0.717, 1.165) is 48.6 Å². The summed E-state index contributed by atoms with van der Waals surface area (Å²) in [5.74, 6) is 1.92. The van der Waals surface area contributed by atoms with Crippen LogP contribution in [-0.2, 0) is 0 Å². The fourth-order valence-corrected chi connectivity index (χ4v) is 3.74. The number of hydrogen-bond acceptors (Lipinski definition) is 6. The number of aromatic amines is 1. The van der Waals surface area contributed by atoms with Crippen LogP contribution < -0.4 is 4.90 Å². The lowest BCUT2D eigenvalue weighted by molar-refractivity contribution is 0.383. The molecule has 0 saturated carbocycles. The molecule has 4 rings (SSSR count). The fraction of sp³-hybridized carbons (Fsp3) is 0.412. The number of aromatic nitrogens is 3. The predicted octanol–water partition coefficient (Wildman–Crippen LogP) is 2.63. The quantitative estimate of drug-likeness (QED) is 0.837. The van der Waals surface area contributed by atoms with Crippen molar-refractivity contribution in [2.75, 3.05) is 25.0 Å². The van der Waals surface area contributed by atoms with E-state index >= 15 is 0 Å². The zero-order valence-corrected chi connectivity index (χ0v) is 14.7. The van der Waals surface area contributed by atoms with E-state index in [-0.39, 0.29) is 0 Å². The van der Waals surface area contributed by atoms with Crippen LogP contribution in [0.5, 0.6) is 0 Å². The predicted molar refractivity (Wildman–Crippen MR) is 97.4 cm³/mol. The molecule has 0 amide bonds. The average molecular weight is 356 g/mol. The van der Waals surface area contributed by atoms with Crippen LogP contribution in [0, 0.1) is 11.3 Å². The van der Waals surface area contributed by atoms with E-state index in [1.807, 2.05) is 12.3 Å². The molecule has 8 heteroatoms. The molecule has 4 heterocycles. The van der Waals surface area contributed by atoms with Crippen LogP contribution >= 0.6 is 11.6 Å². The first-order chi connectivity index (χ1) is 12.2. The van der Waals surface area contributed by atoms with E-state index < -0.39 is 0 Å². The molecule has 0 spiro atoms.